The molecule has 18 heavy (non-hydrogen) atoms. The third kappa shape index (κ3) is 2.67. The van der Waals surface area contributed by atoms with Crippen LogP contribution in [0, 0.1) is 20.8 Å². The predicted molar refractivity (Wildman–Crippen MR) is 75.6 cm³/mol. The molecule has 1 heterocycles. The predicted octanol–water partition coefficient (Wildman–Crippen LogP) is 3.86. The molecule has 0 amide bonds. The molecular formula is C15H17NOS. The molecule has 2 rings (SSSR count). The highest BCUT2D eigenvalue weighted by Crippen LogP contribution is 2.22. The van der Waals surface area contributed by atoms with E-state index in [0.29, 0.717) is 0 Å². The second-order valence-corrected chi connectivity index (χ2v) is 5.77. The molecule has 1 aromatic carbocycles. The molecule has 0 N–H and O–H groups in total. The monoisotopic (exact) mass is 259 g/mol. The fourth-order valence-electron chi connectivity index (χ4n) is 2.06. The molecule has 1 aromatic heterocycles. The van der Waals surface area contributed by atoms with Crippen LogP contribution in [0.3, 0.4) is 0 Å². The fourth-order valence-corrected chi connectivity index (χ4v) is 3.04. The van der Waals surface area contributed by atoms with Crippen LogP contribution in [0.1, 0.15) is 44.0 Å². The molecule has 0 bridgehead atoms. The Morgan fingerprint density at radius 2 is 2.00 bits per heavy atom. The van der Waals surface area contributed by atoms with Crippen LogP contribution in [0.5, 0.6) is 0 Å². The van der Waals surface area contributed by atoms with Gasteiger partial charge in [-0.2, -0.15) is 0 Å². The van der Waals surface area contributed by atoms with Crippen LogP contribution in [0.2, 0.25) is 0 Å². The maximum Gasteiger partial charge on any atom is 0.171 e. The van der Waals surface area contributed by atoms with Crippen LogP contribution < -0.4 is 0 Å². The van der Waals surface area contributed by atoms with Crippen molar-refractivity contribution in [2.75, 3.05) is 0 Å². The summed E-state index contributed by atoms with van der Waals surface area (Å²) in [5.41, 5.74) is 4.69. The summed E-state index contributed by atoms with van der Waals surface area (Å²) in [4.78, 5) is 16.7. The first-order valence-corrected chi connectivity index (χ1v) is 6.82. The Hall–Kier alpha value is -1.48. The minimum atomic E-state index is 0.108. The second kappa shape index (κ2) is 5.02. The lowest BCUT2D eigenvalue weighted by atomic mass is 10.0. The number of thiazole rings is 1. The van der Waals surface area contributed by atoms with Crippen LogP contribution in [-0.4, -0.2) is 10.8 Å². The molecule has 0 unspecified atom stereocenters. The van der Waals surface area contributed by atoms with E-state index >= 15 is 0 Å². The third-order valence-electron chi connectivity index (χ3n) is 3.00. The number of carbonyl (C=O) groups is 1. The quantitative estimate of drug-likeness (QED) is 0.783. The van der Waals surface area contributed by atoms with Gasteiger partial charge in [0, 0.05) is 13.3 Å². The molecular weight excluding hydrogens is 242 g/mol. The van der Waals surface area contributed by atoms with E-state index in [1.807, 2.05) is 6.92 Å². The van der Waals surface area contributed by atoms with Crippen molar-refractivity contribution < 1.29 is 4.79 Å². The van der Waals surface area contributed by atoms with Crippen molar-refractivity contribution in [3.8, 4) is 0 Å². The van der Waals surface area contributed by atoms with Crippen LogP contribution in [0.4, 0.5) is 0 Å². The second-order valence-electron chi connectivity index (χ2n) is 4.69. The molecule has 0 aliphatic carbocycles. The lowest BCUT2D eigenvalue weighted by Gasteiger charge is -2.04. The van der Waals surface area contributed by atoms with Crippen molar-refractivity contribution in [1.82, 2.24) is 4.98 Å². The number of hydrogen-bond acceptors (Lipinski definition) is 3. The molecule has 0 saturated heterocycles. The molecule has 2 nitrogen and oxygen atoms in total. The van der Waals surface area contributed by atoms with Crippen LogP contribution in [0.25, 0.3) is 0 Å². The van der Waals surface area contributed by atoms with Crippen molar-refractivity contribution >= 4 is 17.1 Å². The number of ketones is 1. The van der Waals surface area contributed by atoms with Gasteiger partial charge in [-0.05, 0) is 31.9 Å². The summed E-state index contributed by atoms with van der Waals surface area (Å²) in [6, 6.07) is 6.45. The number of benzene rings is 1. The SMILES string of the molecule is CC(=O)c1sc(Cc2ccc(C)cc2C)nc1C. The van der Waals surface area contributed by atoms with Gasteiger partial charge in [-0.25, -0.2) is 4.98 Å². The van der Waals surface area contributed by atoms with Gasteiger partial charge in [0.15, 0.2) is 5.78 Å². The summed E-state index contributed by atoms with van der Waals surface area (Å²) in [6.07, 6.45) is 0.810. The molecule has 94 valence electrons. The van der Waals surface area contributed by atoms with Crippen molar-refractivity contribution in [2.45, 2.75) is 34.1 Å². The lowest BCUT2D eigenvalue weighted by Crippen LogP contribution is -1.92. The molecule has 0 spiro atoms. The molecule has 0 saturated carbocycles. The number of carbonyl (C=O) groups excluding carboxylic acids is 1. The zero-order valence-corrected chi connectivity index (χ0v) is 12.0. The van der Waals surface area contributed by atoms with E-state index in [1.54, 1.807) is 6.92 Å². The summed E-state index contributed by atoms with van der Waals surface area (Å²) in [6.45, 7) is 7.72. The van der Waals surface area contributed by atoms with E-state index in [1.165, 1.54) is 28.0 Å². The Balaban J connectivity index is 2.29. The molecule has 0 fully saturated rings. The van der Waals surface area contributed by atoms with Gasteiger partial charge in [-0.1, -0.05) is 23.8 Å². The van der Waals surface area contributed by atoms with Gasteiger partial charge in [0.2, 0.25) is 0 Å². The van der Waals surface area contributed by atoms with Crippen LogP contribution >= 0.6 is 11.3 Å². The zero-order chi connectivity index (χ0) is 13.3. The summed E-state index contributed by atoms with van der Waals surface area (Å²) < 4.78 is 0. The molecule has 3 heteroatoms. The standard InChI is InChI=1S/C15H17NOS/c1-9-5-6-13(10(2)7-9)8-14-16-11(3)15(18-14)12(4)17/h5-7H,8H2,1-4H3. The summed E-state index contributed by atoms with van der Waals surface area (Å²) in [7, 11) is 0. The normalized spacial score (nSPS) is 10.7. The van der Waals surface area contributed by atoms with E-state index in [-0.39, 0.29) is 5.78 Å². The molecule has 2 aromatic rings. The molecule has 0 aliphatic heterocycles. The number of aromatic nitrogens is 1. The van der Waals surface area contributed by atoms with Gasteiger partial charge < -0.3 is 0 Å². The Labute approximate surface area is 112 Å². The summed E-state index contributed by atoms with van der Waals surface area (Å²) in [5, 5.41) is 1.02. The average molecular weight is 259 g/mol. The summed E-state index contributed by atoms with van der Waals surface area (Å²) >= 11 is 1.51. The number of hydrogen-bond donors (Lipinski definition) is 0. The highest BCUT2D eigenvalue weighted by atomic mass is 32.1. The van der Waals surface area contributed by atoms with Crippen molar-refractivity contribution in [3.63, 3.8) is 0 Å². The van der Waals surface area contributed by atoms with Gasteiger partial charge in [-0.15, -0.1) is 11.3 Å². The molecule has 0 aliphatic rings. The van der Waals surface area contributed by atoms with Gasteiger partial charge in [0.1, 0.15) is 0 Å². The van der Waals surface area contributed by atoms with E-state index < -0.39 is 0 Å². The smallest absolute Gasteiger partial charge is 0.171 e. The van der Waals surface area contributed by atoms with Crippen molar-refractivity contribution in [1.29, 1.82) is 0 Å². The Morgan fingerprint density at radius 1 is 1.28 bits per heavy atom. The van der Waals surface area contributed by atoms with E-state index in [9.17, 15) is 4.79 Å². The first-order valence-electron chi connectivity index (χ1n) is 6.00. The van der Waals surface area contributed by atoms with Gasteiger partial charge in [0.25, 0.3) is 0 Å². The van der Waals surface area contributed by atoms with Gasteiger partial charge >= 0.3 is 0 Å². The molecule has 0 radical (unpaired) electrons. The summed E-state index contributed by atoms with van der Waals surface area (Å²) in [5.74, 6) is 0.108. The highest BCUT2D eigenvalue weighted by Gasteiger charge is 2.12. The van der Waals surface area contributed by atoms with Gasteiger partial charge in [-0.3, -0.25) is 4.79 Å². The van der Waals surface area contributed by atoms with E-state index in [4.69, 9.17) is 0 Å². The minimum Gasteiger partial charge on any atom is -0.294 e. The Bertz CT molecular complexity index is 599. The largest absolute Gasteiger partial charge is 0.294 e. The Kier molecular flexibility index (Phi) is 3.62. The fraction of sp³-hybridized carbons (Fsp3) is 0.333. The molecule has 0 atom stereocenters. The Morgan fingerprint density at radius 3 is 2.56 bits per heavy atom. The van der Waals surface area contributed by atoms with Crippen molar-refractivity contribution in [3.05, 3.63) is 50.5 Å². The first-order chi connectivity index (χ1) is 8.47. The average Bonchev–Trinajstić information content (AvgIpc) is 2.64. The zero-order valence-electron chi connectivity index (χ0n) is 11.2. The van der Waals surface area contributed by atoms with Crippen LogP contribution in [0.15, 0.2) is 18.2 Å². The highest BCUT2D eigenvalue weighted by molar-refractivity contribution is 7.13. The number of rotatable bonds is 3. The number of Topliss-reactive ketones (excluding diaryl/α,β-unsaturated/α-hetero) is 1. The minimum absolute atomic E-state index is 0.108. The topological polar surface area (TPSA) is 30.0 Å². The maximum atomic E-state index is 11.4. The number of nitrogens with zero attached hydrogens (tertiary/aromatic N) is 1. The lowest BCUT2D eigenvalue weighted by molar-refractivity contribution is 0.102. The maximum absolute atomic E-state index is 11.4. The van der Waals surface area contributed by atoms with Crippen molar-refractivity contribution in [2.24, 2.45) is 0 Å². The van der Waals surface area contributed by atoms with Crippen LogP contribution in [-0.2, 0) is 6.42 Å². The first kappa shape index (κ1) is 13.0. The third-order valence-corrected chi connectivity index (χ3v) is 4.26. The number of aryl methyl sites for hydroxylation is 3. The van der Waals surface area contributed by atoms with Gasteiger partial charge in [0.05, 0.1) is 15.6 Å². The van der Waals surface area contributed by atoms with E-state index in [0.717, 1.165) is 22.0 Å². The van der Waals surface area contributed by atoms with E-state index in [2.05, 4.69) is 37.0 Å².